The highest BCUT2D eigenvalue weighted by Gasteiger charge is 2.28. The van der Waals surface area contributed by atoms with Crippen LogP contribution in [0, 0.1) is 6.92 Å². The molecule has 0 aliphatic carbocycles. The summed E-state index contributed by atoms with van der Waals surface area (Å²) in [6, 6.07) is 4.61. The van der Waals surface area contributed by atoms with Gasteiger partial charge in [0.15, 0.2) is 0 Å². The number of carbonyl (C=O) groups is 1. The molecule has 1 aromatic heterocycles. The van der Waals surface area contributed by atoms with E-state index in [0.717, 1.165) is 0 Å². The lowest BCUT2D eigenvalue weighted by Crippen LogP contribution is -2.38. The van der Waals surface area contributed by atoms with E-state index in [9.17, 15) is 15.0 Å². The van der Waals surface area contributed by atoms with Crippen LogP contribution in [0.1, 0.15) is 23.1 Å². The summed E-state index contributed by atoms with van der Waals surface area (Å²) < 4.78 is 1.73. The van der Waals surface area contributed by atoms with Crippen LogP contribution in [0.2, 0.25) is 0 Å². The normalized spacial score (nSPS) is 12.0. The molecule has 3 N–H and O–H groups in total. The summed E-state index contributed by atoms with van der Waals surface area (Å²) in [5.41, 5.74) is 0.509. The first kappa shape index (κ1) is 13.5. The minimum Gasteiger partial charge on any atom is -0.478 e. The Morgan fingerprint density at radius 2 is 2.00 bits per heavy atom. The number of nitrogens with zero attached hydrogens (tertiary/aromatic N) is 2. The van der Waals surface area contributed by atoms with Gasteiger partial charge in [-0.05, 0) is 32.0 Å². The van der Waals surface area contributed by atoms with Crippen molar-refractivity contribution in [3.8, 4) is 0 Å². The maximum Gasteiger partial charge on any atom is 0.335 e. The van der Waals surface area contributed by atoms with Crippen LogP contribution >= 0.6 is 0 Å². The van der Waals surface area contributed by atoms with E-state index in [1.54, 1.807) is 24.5 Å². The van der Waals surface area contributed by atoms with Crippen molar-refractivity contribution in [3.63, 3.8) is 0 Å². The van der Waals surface area contributed by atoms with Crippen LogP contribution in [0.4, 0.5) is 0 Å². The van der Waals surface area contributed by atoms with Crippen molar-refractivity contribution in [1.82, 2.24) is 9.55 Å². The number of fused-ring (bicyclic) bond motifs is 1. The van der Waals surface area contributed by atoms with Crippen molar-refractivity contribution >= 4 is 17.0 Å². The van der Waals surface area contributed by atoms with Crippen molar-refractivity contribution in [2.75, 3.05) is 13.2 Å². The van der Waals surface area contributed by atoms with Crippen LogP contribution in [0.25, 0.3) is 11.0 Å². The van der Waals surface area contributed by atoms with Crippen molar-refractivity contribution in [3.05, 3.63) is 29.6 Å². The number of aliphatic hydroxyl groups excluding tert-OH is 2. The number of imidazole rings is 1. The van der Waals surface area contributed by atoms with E-state index in [1.807, 2.05) is 0 Å². The zero-order valence-corrected chi connectivity index (χ0v) is 10.8. The fourth-order valence-corrected chi connectivity index (χ4v) is 2.21. The topological polar surface area (TPSA) is 95.6 Å². The summed E-state index contributed by atoms with van der Waals surface area (Å²) >= 11 is 0. The predicted molar refractivity (Wildman–Crippen MR) is 69.2 cm³/mol. The minimum atomic E-state index is -1.01. The van der Waals surface area contributed by atoms with Crippen LogP contribution in [0.15, 0.2) is 18.2 Å². The molecule has 1 heterocycles. The molecular formula is C13H16N2O4. The molecule has 1 aromatic carbocycles. The fourth-order valence-electron chi connectivity index (χ4n) is 2.21. The van der Waals surface area contributed by atoms with Crippen LogP contribution < -0.4 is 0 Å². The second-order valence-electron chi connectivity index (χ2n) is 4.82. The van der Waals surface area contributed by atoms with Gasteiger partial charge >= 0.3 is 5.97 Å². The number of aromatic carboxylic acids is 1. The monoisotopic (exact) mass is 264 g/mol. The summed E-state index contributed by atoms with van der Waals surface area (Å²) in [5.74, 6) is -0.399. The molecule has 2 rings (SSSR count). The Labute approximate surface area is 109 Å². The zero-order chi connectivity index (χ0) is 14.2. The summed E-state index contributed by atoms with van der Waals surface area (Å²) in [5, 5.41) is 27.9. The molecule has 0 saturated carbocycles. The van der Waals surface area contributed by atoms with Crippen LogP contribution in [0.5, 0.6) is 0 Å². The van der Waals surface area contributed by atoms with Gasteiger partial charge in [0.25, 0.3) is 0 Å². The smallest absolute Gasteiger partial charge is 0.335 e. The molecular weight excluding hydrogens is 248 g/mol. The van der Waals surface area contributed by atoms with Gasteiger partial charge in [0.05, 0.1) is 35.3 Å². The first-order valence-electron chi connectivity index (χ1n) is 5.87. The van der Waals surface area contributed by atoms with Gasteiger partial charge in [-0.3, -0.25) is 0 Å². The molecule has 19 heavy (non-hydrogen) atoms. The Hall–Kier alpha value is -1.92. The standard InChI is InChI=1S/C13H16N2O4/c1-8-14-10-5-9(12(18)19)3-4-11(10)15(8)13(2,6-16)7-17/h3-5,16-17H,6-7H2,1-2H3,(H,18,19). The number of carboxylic acids is 1. The number of benzene rings is 1. The number of hydrogen-bond acceptors (Lipinski definition) is 4. The van der Waals surface area contributed by atoms with Crippen molar-refractivity contribution < 1.29 is 20.1 Å². The molecule has 6 nitrogen and oxygen atoms in total. The first-order valence-corrected chi connectivity index (χ1v) is 5.87. The van der Waals surface area contributed by atoms with Gasteiger partial charge in [-0.2, -0.15) is 0 Å². The van der Waals surface area contributed by atoms with Crippen LogP contribution in [0.3, 0.4) is 0 Å². The maximum atomic E-state index is 10.9. The highest BCUT2D eigenvalue weighted by molar-refractivity contribution is 5.92. The molecule has 6 heteroatoms. The Bertz CT molecular complexity index is 629. The third-order valence-corrected chi connectivity index (χ3v) is 3.29. The molecule has 0 unspecified atom stereocenters. The average Bonchev–Trinajstić information content (AvgIpc) is 2.73. The Morgan fingerprint density at radius 1 is 1.37 bits per heavy atom. The Morgan fingerprint density at radius 3 is 2.53 bits per heavy atom. The Balaban J connectivity index is 2.70. The fraction of sp³-hybridized carbons (Fsp3) is 0.385. The predicted octanol–water partition coefficient (Wildman–Crippen LogP) is 0.743. The number of aromatic nitrogens is 2. The minimum absolute atomic E-state index is 0.159. The molecule has 0 aliphatic heterocycles. The van der Waals surface area contributed by atoms with Crippen molar-refractivity contribution in [2.24, 2.45) is 0 Å². The Kier molecular flexibility index (Phi) is 3.30. The van der Waals surface area contributed by atoms with E-state index >= 15 is 0 Å². The molecule has 0 atom stereocenters. The van der Waals surface area contributed by atoms with E-state index in [4.69, 9.17) is 5.11 Å². The highest BCUT2D eigenvalue weighted by atomic mass is 16.4. The molecule has 0 saturated heterocycles. The van der Waals surface area contributed by atoms with Gasteiger partial charge in [0.2, 0.25) is 0 Å². The molecule has 0 amide bonds. The van der Waals surface area contributed by atoms with E-state index in [1.165, 1.54) is 12.1 Å². The van der Waals surface area contributed by atoms with Gasteiger partial charge < -0.3 is 19.9 Å². The van der Waals surface area contributed by atoms with E-state index < -0.39 is 11.5 Å². The van der Waals surface area contributed by atoms with Crippen molar-refractivity contribution in [1.29, 1.82) is 0 Å². The SMILES string of the molecule is Cc1nc2cc(C(=O)O)ccc2n1C(C)(CO)CO. The third kappa shape index (κ3) is 2.09. The highest BCUT2D eigenvalue weighted by Crippen LogP contribution is 2.25. The maximum absolute atomic E-state index is 10.9. The molecule has 0 spiro atoms. The van der Waals surface area contributed by atoms with Crippen LogP contribution in [-0.2, 0) is 5.54 Å². The number of rotatable bonds is 4. The van der Waals surface area contributed by atoms with Crippen molar-refractivity contribution in [2.45, 2.75) is 19.4 Å². The number of aryl methyl sites for hydroxylation is 1. The van der Waals surface area contributed by atoms with Gasteiger partial charge in [-0.1, -0.05) is 0 Å². The molecule has 102 valence electrons. The van der Waals surface area contributed by atoms with Crippen LogP contribution in [-0.4, -0.2) is 44.1 Å². The second kappa shape index (κ2) is 4.64. The average molecular weight is 264 g/mol. The number of carboxylic acid groups (broad SMARTS) is 1. The van der Waals surface area contributed by atoms with E-state index in [-0.39, 0.29) is 18.8 Å². The summed E-state index contributed by atoms with van der Waals surface area (Å²) in [6.45, 7) is 2.99. The number of hydrogen-bond donors (Lipinski definition) is 3. The van der Waals surface area contributed by atoms with E-state index in [0.29, 0.717) is 16.9 Å². The molecule has 0 fully saturated rings. The number of aliphatic hydroxyl groups is 2. The molecule has 0 aliphatic rings. The first-order chi connectivity index (χ1) is 8.92. The molecule has 0 bridgehead atoms. The second-order valence-corrected chi connectivity index (χ2v) is 4.82. The van der Waals surface area contributed by atoms with Gasteiger partial charge in [-0.25, -0.2) is 9.78 Å². The quantitative estimate of drug-likeness (QED) is 0.757. The van der Waals surface area contributed by atoms with E-state index in [2.05, 4.69) is 4.98 Å². The summed E-state index contributed by atoms with van der Waals surface area (Å²) in [7, 11) is 0. The lowest BCUT2D eigenvalue weighted by Gasteiger charge is -2.28. The zero-order valence-electron chi connectivity index (χ0n) is 10.8. The van der Waals surface area contributed by atoms with Gasteiger partial charge in [-0.15, -0.1) is 0 Å². The van der Waals surface area contributed by atoms with Gasteiger partial charge in [0.1, 0.15) is 5.82 Å². The van der Waals surface area contributed by atoms with Gasteiger partial charge in [0, 0.05) is 0 Å². The largest absolute Gasteiger partial charge is 0.478 e. The lowest BCUT2D eigenvalue weighted by atomic mass is 10.0. The summed E-state index contributed by atoms with van der Waals surface area (Å²) in [6.07, 6.45) is 0. The molecule has 2 aromatic rings. The summed E-state index contributed by atoms with van der Waals surface area (Å²) in [4.78, 5) is 15.2. The third-order valence-electron chi connectivity index (χ3n) is 3.29. The lowest BCUT2D eigenvalue weighted by molar-refractivity contribution is 0.0696. The molecule has 0 radical (unpaired) electrons.